The van der Waals surface area contributed by atoms with Crippen molar-refractivity contribution in [3.05, 3.63) is 60.8 Å². The van der Waals surface area contributed by atoms with Crippen molar-refractivity contribution < 1.29 is 0 Å². The van der Waals surface area contributed by atoms with Crippen molar-refractivity contribution >= 4 is 0 Å². The van der Waals surface area contributed by atoms with Gasteiger partial charge in [-0.05, 0) is 25.7 Å². The van der Waals surface area contributed by atoms with Gasteiger partial charge >= 0.3 is 0 Å². The van der Waals surface area contributed by atoms with Crippen molar-refractivity contribution in [3.63, 3.8) is 0 Å². The van der Waals surface area contributed by atoms with E-state index in [0.717, 1.165) is 0 Å². The maximum atomic E-state index is 2.29. The molecular weight excluding hydrogens is 276 g/mol. The summed E-state index contributed by atoms with van der Waals surface area (Å²) in [4.78, 5) is 0. The molecule has 0 aromatic carbocycles. The van der Waals surface area contributed by atoms with E-state index < -0.39 is 0 Å². The van der Waals surface area contributed by atoms with Crippen molar-refractivity contribution in [2.24, 2.45) is 0 Å². The monoisotopic (exact) mass is 312 g/mol. The van der Waals surface area contributed by atoms with Crippen molar-refractivity contribution in [2.75, 3.05) is 0 Å². The molecule has 0 heteroatoms. The molecule has 0 spiro atoms. The smallest absolute Gasteiger partial charge is 0.0348 e. The minimum Gasteiger partial charge on any atom is -0.0845 e. The topological polar surface area (TPSA) is 0 Å². The van der Waals surface area contributed by atoms with E-state index in [0.29, 0.717) is 0 Å². The lowest BCUT2D eigenvalue weighted by atomic mass is 10.0. The number of hydrogen-bond donors (Lipinski definition) is 0. The quantitative estimate of drug-likeness (QED) is 0.427. The molecule has 0 aromatic rings. The molecule has 0 heterocycles. The maximum absolute atomic E-state index is 2.29. The van der Waals surface area contributed by atoms with Crippen LogP contribution in [-0.4, -0.2) is 0 Å². The number of allylic oxidation sites excluding steroid dienone is 10. The Balaban J connectivity index is 2.27. The normalized spacial score (nSPS) is 26.1. The fourth-order valence-corrected chi connectivity index (χ4v) is 2.85. The second kappa shape index (κ2) is 17.1. The third kappa shape index (κ3) is 15.4. The molecule has 1 aliphatic carbocycles. The Labute approximate surface area is 144 Å². The minimum atomic E-state index is 1.22. The highest BCUT2D eigenvalue weighted by Gasteiger charge is 1.93. The molecule has 0 saturated heterocycles. The molecule has 0 unspecified atom stereocenters. The molecule has 128 valence electrons. The van der Waals surface area contributed by atoms with Crippen LogP contribution in [0.3, 0.4) is 0 Å². The molecule has 0 saturated carbocycles. The van der Waals surface area contributed by atoms with Gasteiger partial charge in [0.2, 0.25) is 0 Å². The van der Waals surface area contributed by atoms with Crippen LogP contribution in [0.15, 0.2) is 60.8 Å². The van der Waals surface area contributed by atoms with Gasteiger partial charge in [-0.1, -0.05) is 119 Å². The van der Waals surface area contributed by atoms with Gasteiger partial charge in [0.25, 0.3) is 0 Å². The van der Waals surface area contributed by atoms with Crippen LogP contribution in [0, 0.1) is 0 Å². The average Bonchev–Trinajstić information content (AvgIpc) is 2.56. The summed E-state index contributed by atoms with van der Waals surface area (Å²) < 4.78 is 0. The first-order valence-corrected chi connectivity index (χ1v) is 9.82. The van der Waals surface area contributed by atoms with Crippen LogP contribution in [0.4, 0.5) is 0 Å². The Morgan fingerprint density at radius 3 is 0.870 bits per heavy atom. The summed E-state index contributed by atoms with van der Waals surface area (Å²) in [6.45, 7) is 0. The summed E-state index contributed by atoms with van der Waals surface area (Å²) in [6.07, 6.45) is 39.5. The summed E-state index contributed by atoms with van der Waals surface area (Å²) in [5, 5.41) is 0. The van der Waals surface area contributed by atoms with Gasteiger partial charge in [-0.2, -0.15) is 0 Å². The van der Waals surface area contributed by atoms with E-state index >= 15 is 0 Å². The predicted octanol–water partition coefficient (Wildman–Crippen LogP) is 7.85. The van der Waals surface area contributed by atoms with Gasteiger partial charge in [0.15, 0.2) is 0 Å². The van der Waals surface area contributed by atoms with Gasteiger partial charge in [0.05, 0.1) is 0 Å². The molecular formula is C23H36. The summed E-state index contributed by atoms with van der Waals surface area (Å²) in [5.74, 6) is 0. The molecule has 0 atom stereocenters. The van der Waals surface area contributed by atoms with Crippen LogP contribution < -0.4 is 0 Å². The fraction of sp³-hybridized carbons (Fsp3) is 0.565. The van der Waals surface area contributed by atoms with E-state index in [1.807, 2.05) is 0 Å². The van der Waals surface area contributed by atoms with E-state index in [1.54, 1.807) is 0 Å². The second-order valence-electron chi connectivity index (χ2n) is 6.48. The molecule has 0 aliphatic heterocycles. The fourth-order valence-electron chi connectivity index (χ4n) is 2.85. The Morgan fingerprint density at radius 1 is 0.261 bits per heavy atom. The largest absolute Gasteiger partial charge is 0.0845 e. The summed E-state index contributed by atoms with van der Waals surface area (Å²) in [7, 11) is 0. The zero-order valence-corrected chi connectivity index (χ0v) is 15.0. The van der Waals surface area contributed by atoms with E-state index in [-0.39, 0.29) is 0 Å². The molecule has 0 bridgehead atoms. The van der Waals surface area contributed by atoms with Crippen LogP contribution in [0.5, 0.6) is 0 Å². The van der Waals surface area contributed by atoms with Gasteiger partial charge in [-0.3, -0.25) is 0 Å². The number of rotatable bonds is 0. The zero-order chi connectivity index (χ0) is 16.3. The first-order valence-electron chi connectivity index (χ1n) is 9.82. The summed E-state index contributed by atoms with van der Waals surface area (Å²) in [5.41, 5.74) is 0. The minimum absolute atomic E-state index is 1.22. The first kappa shape index (κ1) is 19.7. The van der Waals surface area contributed by atoms with Crippen molar-refractivity contribution in [2.45, 2.75) is 83.5 Å². The highest BCUT2D eigenvalue weighted by Crippen LogP contribution is 2.12. The molecule has 0 fully saturated rings. The van der Waals surface area contributed by atoms with Crippen LogP contribution in [0.1, 0.15) is 83.5 Å². The lowest BCUT2D eigenvalue weighted by Gasteiger charge is -2.02. The van der Waals surface area contributed by atoms with E-state index in [9.17, 15) is 0 Å². The molecule has 0 nitrogen and oxygen atoms in total. The third-order valence-corrected chi connectivity index (χ3v) is 4.29. The molecule has 0 N–H and O–H groups in total. The van der Waals surface area contributed by atoms with Gasteiger partial charge < -0.3 is 0 Å². The molecule has 1 rings (SSSR count). The Hall–Kier alpha value is -1.30. The lowest BCUT2D eigenvalue weighted by molar-refractivity contribution is 0.547. The standard InChI is InChI=1S/C23H36/c1-2-4-6-8-10-12-14-16-18-20-22-23-21-19-17-15-13-11-9-7-5-3-1/h1-10H,11-23H2/b2-1+,5-3+,6-4+,9-7-,10-8?. The summed E-state index contributed by atoms with van der Waals surface area (Å²) in [6, 6.07) is 0. The van der Waals surface area contributed by atoms with Gasteiger partial charge in [0, 0.05) is 0 Å². The Bertz CT molecular complexity index is 343. The molecule has 0 amide bonds. The van der Waals surface area contributed by atoms with Gasteiger partial charge in [0.1, 0.15) is 0 Å². The van der Waals surface area contributed by atoms with Crippen molar-refractivity contribution in [1.29, 1.82) is 0 Å². The molecule has 1 aliphatic rings. The van der Waals surface area contributed by atoms with Gasteiger partial charge in [-0.15, -0.1) is 0 Å². The zero-order valence-electron chi connectivity index (χ0n) is 15.0. The Kier molecular flexibility index (Phi) is 14.6. The third-order valence-electron chi connectivity index (χ3n) is 4.29. The Morgan fingerprint density at radius 2 is 0.522 bits per heavy atom. The van der Waals surface area contributed by atoms with Crippen molar-refractivity contribution in [1.82, 2.24) is 0 Å². The molecule has 0 aromatic heterocycles. The molecule has 0 radical (unpaired) electrons. The van der Waals surface area contributed by atoms with Crippen LogP contribution in [-0.2, 0) is 0 Å². The van der Waals surface area contributed by atoms with E-state index in [1.165, 1.54) is 83.5 Å². The summed E-state index contributed by atoms with van der Waals surface area (Å²) >= 11 is 0. The van der Waals surface area contributed by atoms with E-state index in [4.69, 9.17) is 0 Å². The highest BCUT2D eigenvalue weighted by molar-refractivity contribution is 5.17. The van der Waals surface area contributed by atoms with Gasteiger partial charge in [-0.25, -0.2) is 0 Å². The van der Waals surface area contributed by atoms with Crippen molar-refractivity contribution in [3.8, 4) is 0 Å². The maximum Gasteiger partial charge on any atom is -0.0348 e. The first-order chi connectivity index (χ1) is 11.5. The predicted molar refractivity (Wildman–Crippen MR) is 106 cm³/mol. The van der Waals surface area contributed by atoms with Crippen LogP contribution in [0.25, 0.3) is 0 Å². The number of hydrogen-bond acceptors (Lipinski definition) is 0. The SMILES string of the molecule is C1=CCCCCCCCCCCCCC\C=C/C=C/C=C/C=C/1. The van der Waals surface area contributed by atoms with Crippen LogP contribution >= 0.6 is 0 Å². The van der Waals surface area contributed by atoms with Crippen LogP contribution in [0.2, 0.25) is 0 Å². The second-order valence-corrected chi connectivity index (χ2v) is 6.48. The van der Waals surface area contributed by atoms with E-state index in [2.05, 4.69) is 60.8 Å². The lowest BCUT2D eigenvalue weighted by Crippen LogP contribution is -1.82. The average molecular weight is 313 g/mol. The molecule has 23 heavy (non-hydrogen) atoms. The highest BCUT2D eigenvalue weighted by atomic mass is 14.0.